The van der Waals surface area contributed by atoms with Gasteiger partial charge in [-0.1, -0.05) is 28.1 Å². The van der Waals surface area contributed by atoms with Crippen LogP contribution < -0.4 is 0 Å². The van der Waals surface area contributed by atoms with Crippen LogP contribution in [0.15, 0.2) is 24.3 Å². The minimum atomic E-state index is -0.876. The van der Waals surface area contributed by atoms with E-state index < -0.39 is 11.9 Å². The van der Waals surface area contributed by atoms with Gasteiger partial charge in [-0.25, -0.2) is 4.79 Å². The van der Waals surface area contributed by atoms with E-state index in [-0.39, 0.29) is 11.2 Å². The first kappa shape index (κ1) is 12.7. The van der Waals surface area contributed by atoms with Gasteiger partial charge in [0.25, 0.3) is 0 Å². The average molecular weight is 287 g/mol. The molecule has 0 aliphatic rings. The lowest BCUT2D eigenvalue weighted by Gasteiger charge is -2.07. The maximum Gasteiger partial charge on any atom is 0.337 e. The van der Waals surface area contributed by atoms with Crippen molar-refractivity contribution in [2.75, 3.05) is 7.11 Å². The SMILES string of the molecule is COC(=O)c1ccc(C(Br)CC(=O)O)cc1. The number of carboxylic acid groups (broad SMARTS) is 1. The number of rotatable bonds is 4. The van der Waals surface area contributed by atoms with Gasteiger partial charge in [-0.05, 0) is 17.7 Å². The number of ether oxygens (including phenoxy) is 1. The molecule has 0 fully saturated rings. The first-order valence-corrected chi connectivity index (χ1v) is 5.50. The molecule has 1 N–H and O–H groups in total. The summed E-state index contributed by atoms with van der Waals surface area (Å²) in [7, 11) is 1.31. The molecule has 4 nitrogen and oxygen atoms in total. The highest BCUT2D eigenvalue weighted by molar-refractivity contribution is 9.09. The van der Waals surface area contributed by atoms with E-state index in [4.69, 9.17) is 5.11 Å². The number of methoxy groups -OCH3 is 1. The number of benzene rings is 1. The Morgan fingerprint density at radius 3 is 2.38 bits per heavy atom. The maximum atomic E-state index is 11.1. The normalized spacial score (nSPS) is 11.9. The van der Waals surface area contributed by atoms with Crippen LogP contribution in [0.2, 0.25) is 0 Å². The van der Waals surface area contributed by atoms with Gasteiger partial charge < -0.3 is 9.84 Å². The molecule has 5 heteroatoms. The summed E-state index contributed by atoms with van der Waals surface area (Å²) in [4.78, 5) is 21.4. The number of hydrogen-bond acceptors (Lipinski definition) is 3. The fraction of sp³-hybridized carbons (Fsp3) is 0.273. The van der Waals surface area contributed by atoms with Crippen LogP contribution in [0, 0.1) is 0 Å². The smallest absolute Gasteiger partial charge is 0.337 e. The lowest BCUT2D eigenvalue weighted by molar-refractivity contribution is -0.136. The van der Waals surface area contributed by atoms with Crippen LogP contribution in [-0.2, 0) is 9.53 Å². The van der Waals surface area contributed by atoms with Crippen molar-refractivity contribution in [3.05, 3.63) is 35.4 Å². The van der Waals surface area contributed by atoms with E-state index in [0.29, 0.717) is 5.56 Å². The summed E-state index contributed by atoms with van der Waals surface area (Å²) < 4.78 is 4.56. The zero-order valence-corrected chi connectivity index (χ0v) is 10.2. The van der Waals surface area contributed by atoms with Crippen LogP contribution in [0.3, 0.4) is 0 Å². The summed E-state index contributed by atoms with van der Waals surface area (Å²) in [5.74, 6) is -1.28. The third kappa shape index (κ3) is 3.34. The van der Waals surface area contributed by atoms with Crippen molar-refractivity contribution in [1.82, 2.24) is 0 Å². The van der Waals surface area contributed by atoms with Crippen molar-refractivity contribution >= 4 is 27.9 Å². The fourth-order valence-corrected chi connectivity index (χ4v) is 1.80. The highest BCUT2D eigenvalue weighted by Crippen LogP contribution is 2.26. The number of halogens is 1. The van der Waals surface area contributed by atoms with E-state index >= 15 is 0 Å². The third-order valence-electron chi connectivity index (χ3n) is 2.05. The van der Waals surface area contributed by atoms with E-state index in [1.807, 2.05) is 0 Å². The molecular formula is C11H11BrO4. The monoisotopic (exact) mass is 286 g/mol. The second-order valence-corrected chi connectivity index (χ2v) is 4.28. The van der Waals surface area contributed by atoms with Crippen LogP contribution in [0.5, 0.6) is 0 Å². The molecule has 86 valence electrons. The summed E-state index contributed by atoms with van der Waals surface area (Å²) in [5.41, 5.74) is 1.26. The minimum Gasteiger partial charge on any atom is -0.481 e. The molecule has 1 aromatic carbocycles. The van der Waals surface area contributed by atoms with Crippen molar-refractivity contribution in [2.24, 2.45) is 0 Å². The molecule has 0 saturated carbocycles. The van der Waals surface area contributed by atoms with Gasteiger partial charge in [0.05, 0.1) is 19.1 Å². The Bertz CT molecular complexity index is 385. The molecule has 0 aliphatic heterocycles. The molecule has 1 aromatic rings. The summed E-state index contributed by atoms with van der Waals surface area (Å²) >= 11 is 3.27. The van der Waals surface area contributed by atoms with Crippen LogP contribution in [-0.4, -0.2) is 24.2 Å². The lowest BCUT2D eigenvalue weighted by Crippen LogP contribution is -2.03. The number of carbonyl (C=O) groups excluding carboxylic acids is 1. The van der Waals surface area contributed by atoms with Crippen molar-refractivity contribution in [2.45, 2.75) is 11.2 Å². The average Bonchev–Trinajstić information content (AvgIpc) is 2.27. The molecule has 0 aromatic heterocycles. The van der Waals surface area contributed by atoms with E-state index in [0.717, 1.165) is 5.56 Å². The van der Waals surface area contributed by atoms with Gasteiger partial charge in [-0.2, -0.15) is 0 Å². The molecule has 0 aliphatic carbocycles. The van der Waals surface area contributed by atoms with Crippen molar-refractivity contribution in [3.63, 3.8) is 0 Å². The molecule has 1 rings (SSSR count). The highest BCUT2D eigenvalue weighted by atomic mass is 79.9. The van der Waals surface area contributed by atoms with Gasteiger partial charge in [-0.3, -0.25) is 4.79 Å². The summed E-state index contributed by atoms with van der Waals surface area (Å²) in [6, 6.07) is 6.62. The summed E-state index contributed by atoms with van der Waals surface area (Å²) in [5, 5.41) is 8.62. The fourth-order valence-electron chi connectivity index (χ4n) is 1.22. The number of carboxylic acids is 1. The lowest BCUT2D eigenvalue weighted by atomic mass is 10.1. The number of esters is 1. The number of aliphatic carboxylic acids is 1. The predicted molar refractivity (Wildman–Crippen MR) is 61.7 cm³/mol. The van der Waals surface area contributed by atoms with Crippen molar-refractivity contribution in [1.29, 1.82) is 0 Å². The number of carbonyl (C=O) groups is 2. The van der Waals surface area contributed by atoms with Crippen LogP contribution in [0.25, 0.3) is 0 Å². The second-order valence-electron chi connectivity index (χ2n) is 3.18. The van der Waals surface area contributed by atoms with Crippen LogP contribution in [0.4, 0.5) is 0 Å². The Hall–Kier alpha value is -1.36. The Labute approximate surface area is 101 Å². The maximum absolute atomic E-state index is 11.1. The molecular weight excluding hydrogens is 276 g/mol. The van der Waals surface area contributed by atoms with E-state index in [1.54, 1.807) is 24.3 Å². The molecule has 0 bridgehead atoms. The number of hydrogen-bond donors (Lipinski definition) is 1. The molecule has 0 heterocycles. The second kappa shape index (κ2) is 5.65. The Balaban J connectivity index is 2.78. The first-order valence-electron chi connectivity index (χ1n) is 4.58. The zero-order valence-electron chi connectivity index (χ0n) is 8.64. The van der Waals surface area contributed by atoms with E-state index in [9.17, 15) is 9.59 Å². The van der Waals surface area contributed by atoms with Crippen molar-refractivity contribution < 1.29 is 19.4 Å². The summed E-state index contributed by atoms with van der Waals surface area (Å²) in [6.07, 6.45) is -0.00241. The molecule has 0 spiro atoms. The Kier molecular flexibility index (Phi) is 4.49. The third-order valence-corrected chi connectivity index (χ3v) is 2.90. The quantitative estimate of drug-likeness (QED) is 0.682. The van der Waals surface area contributed by atoms with E-state index in [1.165, 1.54) is 7.11 Å². The molecule has 0 radical (unpaired) electrons. The van der Waals surface area contributed by atoms with Gasteiger partial charge in [0.2, 0.25) is 0 Å². The predicted octanol–water partition coefficient (Wildman–Crippen LogP) is 2.38. The van der Waals surface area contributed by atoms with Gasteiger partial charge in [0, 0.05) is 4.83 Å². The first-order chi connectivity index (χ1) is 7.54. The standard InChI is InChI=1S/C11H11BrO4/c1-16-11(15)8-4-2-7(3-5-8)9(12)6-10(13)14/h2-5,9H,6H2,1H3,(H,13,14). The largest absolute Gasteiger partial charge is 0.481 e. The van der Waals surface area contributed by atoms with E-state index in [2.05, 4.69) is 20.7 Å². The zero-order chi connectivity index (χ0) is 12.1. The minimum absolute atomic E-state index is 0.00241. The van der Waals surface area contributed by atoms with Gasteiger partial charge in [0.15, 0.2) is 0 Å². The van der Waals surface area contributed by atoms with Gasteiger partial charge in [-0.15, -0.1) is 0 Å². The highest BCUT2D eigenvalue weighted by Gasteiger charge is 2.12. The Morgan fingerprint density at radius 1 is 1.38 bits per heavy atom. The topological polar surface area (TPSA) is 63.6 Å². The van der Waals surface area contributed by atoms with Crippen molar-refractivity contribution in [3.8, 4) is 0 Å². The van der Waals surface area contributed by atoms with Crippen LogP contribution >= 0.6 is 15.9 Å². The molecule has 1 unspecified atom stereocenters. The molecule has 0 amide bonds. The van der Waals surface area contributed by atoms with Crippen LogP contribution in [0.1, 0.15) is 27.2 Å². The molecule has 1 atom stereocenters. The Morgan fingerprint density at radius 2 is 1.94 bits per heavy atom. The molecule has 16 heavy (non-hydrogen) atoms. The molecule has 0 saturated heterocycles. The van der Waals surface area contributed by atoms with Gasteiger partial charge >= 0.3 is 11.9 Å². The van der Waals surface area contributed by atoms with Gasteiger partial charge in [0.1, 0.15) is 0 Å². The summed E-state index contributed by atoms with van der Waals surface area (Å²) in [6.45, 7) is 0. The number of alkyl halides is 1.